The van der Waals surface area contributed by atoms with Gasteiger partial charge in [-0.05, 0) is 25.1 Å². The van der Waals surface area contributed by atoms with E-state index in [0.29, 0.717) is 6.61 Å². The van der Waals surface area contributed by atoms with Crippen LogP contribution in [0.1, 0.15) is 19.8 Å². The summed E-state index contributed by atoms with van der Waals surface area (Å²) in [7, 11) is 0. The molecule has 0 bridgehead atoms. The van der Waals surface area contributed by atoms with Crippen molar-refractivity contribution in [3.05, 3.63) is 34.9 Å². The van der Waals surface area contributed by atoms with Crippen LogP contribution in [-0.2, 0) is 20.9 Å². The predicted octanol–water partition coefficient (Wildman–Crippen LogP) is 3.32. The highest BCUT2D eigenvalue weighted by atomic mass is 79.9. The summed E-state index contributed by atoms with van der Waals surface area (Å²) in [6, 6.07) is 7.85. The van der Waals surface area contributed by atoms with Gasteiger partial charge in [-0.1, -0.05) is 22.0 Å². The minimum absolute atomic E-state index is 0.0236. The Morgan fingerprint density at radius 1 is 1.25 bits per heavy atom. The van der Waals surface area contributed by atoms with Crippen LogP contribution in [0.4, 0.5) is 0 Å². The fourth-order valence-electron chi connectivity index (χ4n) is 2.07. The van der Waals surface area contributed by atoms with Crippen molar-refractivity contribution in [3.63, 3.8) is 0 Å². The summed E-state index contributed by atoms with van der Waals surface area (Å²) >= 11 is 3.48. The molecule has 2 aromatic rings. The third kappa shape index (κ3) is 3.48. The first-order valence-corrected chi connectivity index (χ1v) is 7.31. The van der Waals surface area contributed by atoms with Crippen LogP contribution in [0, 0.1) is 0 Å². The molecule has 1 aromatic carbocycles. The molecule has 0 saturated heterocycles. The number of ether oxygens (including phenoxy) is 1. The number of Topliss-reactive ketones (excluding diaryl/α,β-unsaturated/α-hetero) is 1. The second-order valence-corrected chi connectivity index (χ2v) is 5.31. The average molecular weight is 338 g/mol. The molecule has 0 fully saturated rings. The zero-order valence-electron chi connectivity index (χ0n) is 11.3. The smallest absolute Gasteiger partial charge is 0.306 e. The van der Waals surface area contributed by atoms with Crippen molar-refractivity contribution < 1.29 is 14.3 Å². The minimum atomic E-state index is -0.319. The molecule has 0 amide bonds. The van der Waals surface area contributed by atoms with Crippen LogP contribution in [0.2, 0.25) is 0 Å². The monoisotopic (exact) mass is 337 g/mol. The van der Waals surface area contributed by atoms with Crippen LogP contribution < -0.4 is 0 Å². The number of carbonyl (C=O) groups is 2. The number of hydrogen-bond acceptors (Lipinski definition) is 3. The summed E-state index contributed by atoms with van der Waals surface area (Å²) in [5, 5.41) is 1.07. The molecule has 0 atom stereocenters. The van der Waals surface area contributed by atoms with Crippen molar-refractivity contribution in [1.29, 1.82) is 0 Å². The van der Waals surface area contributed by atoms with Gasteiger partial charge in [0, 0.05) is 28.0 Å². The van der Waals surface area contributed by atoms with Crippen molar-refractivity contribution in [2.45, 2.75) is 26.3 Å². The Morgan fingerprint density at radius 3 is 2.80 bits per heavy atom. The van der Waals surface area contributed by atoms with E-state index in [1.807, 2.05) is 35.0 Å². The number of rotatable bonds is 6. The van der Waals surface area contributed by atoms with Crippen molar-refractivity contribution in [3.8, 4) is 0 Å². The Kier molecular flexibility index (Phi) is 4.95. The molecule has 0 spiro atoms. The van der Waals surface area contributed by atoms with Gasteiger partial charge in [-0.2, -0.15) is 0 Å². The maximum absolute atomic E-state index is 11.9. The first-order valence-electron chi connectivity index (χ1n) is 6.52. The minimum Gasteiger partial charge on any atom is -0.466 e. The van der Waals surface area contributed by atoms with Crippen LogP contribution in [0.15, 0.2) is 34.9 Å². The predicted molar refractivity (Wildman–Crippen MR) is 80.5 cm³/mol. The number of aromatic nitrogens is 1. The molecule has 20 heavy (non-hydrogen) atoms. The van der Waals surface area contributed by atoms with E-state index in [2.05, 4.69) is 15.9 Å². The average Bonchev–Trinajstić information content (AvgIpc) is 2.82. The molecule has 4 nitrogen and oxygen atoms in total. The summed E-state index contributed by atoms with van der Waals surface area (Å²) in [5.41, 5.74) is 1.00. The number of nitrogens with zero attached hydrogens (tertiary/aromatic N) is 1. The second kappa shape index (κ2) is 6.70. The van der Waals surface area contributed by atoms with E-state index in [4.69, 9.17) is 4.74 Å². The Morgan fingerprint density at radius 2 is 2.05 bits per heavy atom. The molecule has 0 unspecified atom stereocenters. The van der Waals surface area contributed by atoms with E-state index < -0.39 is 0 Å². The molecular formula is C15H16BrNO3. The quantitative estimate of drug-likeness (QED) is 0.759. The number of ketones is 1. The molecule has 1 heterocycles. The molecule has 106 valence electrons. The Hall–Kier alpha value is -1.62. The van der Waals surface area contributed by atoms with Crippen molar-refractivity contribution >= 4 is 38.6 Å². The lowest BCUT2D eigenvalue weighted by Crippen LogP contribution is -2.12. The number of hydrogen-bond donors (Lipinski definition) is 0. The molecule has 0 saturated carbocycles. The lowest BCUT2D eigenvalue weighted by molar-refractivity contribution is -0.144. The van der Waals surface area contributed by atoms with E-state index in [9.17, 15) is 9.59 Å². The van der Waals surface area contributed by atoms with Crippen LogP contribution in [0.5, 0.6) is 0 Å². The fourth-order valence-corrected chi connectivity index (χ4v) is 2.56. The lowest BCUT2D eigenvalue weighted by Gasteiger charge is -2.05. The number of esters is 1. The van der Waals surface area contributed by atoms with Gasteiger partial charge in [-0.15, -0.1) is 0 Å². The largest absolute Gasteiger partial charge is 0.466 e. The van der Waals surface area contributed by atoms with Crippen molar-refractivity contribution in [2.75, 3.05) is 6.61 Å². The van der Waals surface area contributed by atoms with Gasteiger partial charge in [0.1, 0.15) is 0 Å². The summed E-state index contributed by atoms with van der Waals surface area (Å²) < 4.78 is 7.71. The molecule has 0 radical (unpaired) electrons. The molecule has 0 N–H and O–H groups in total. The van der Waals surface area contributed by atoms with Crippen LogP contribution in [0.25, 0.3) is 10.9 Å². The molecule has 0 aliphatic carbocycles. The maximum atomic E-state index is 11.9. The normalized spacial score (nSPS) is 10.7. The highest BCUT2D eigenvalue weighted by Crippen LogP contribution is 2.24. The lowest BCUT2D eigenvalue weighted by atomic mass is 10.2. The topological polar surface area (TPSA) is 48.3 Å². The number of fused-ring (bicyclic) bond motifs is 1. The van der Waals surface area contributed by atoms with Gasteiger partial charge >= 0.3 is 5.97 Å². The van der Waals surface area contributed by atoms with Gasteiger partial charge in [0.2, 0.25) is 0 Å². The Balaban J connectivity index is 2.00. The zero-order chi connectivity index (χ0) is 14.5. The molecular weight excluding hydrogens is 322 g/mol. The molecule has 5 heteroatoms. The van der Waals surface area contributed by atoms with Gasteiger partial charge in [0.25, 0.3) is 0 Å². The number of benzene rings is 1. The maximum Gasteiger partial charge on any atom is 0.306 e. The van der Waals surface area contributed by atoms with Gasteiger partial charge in [0.15, 0.2) is 5.78 Å². The van der Waals surface area contributed by atoms with Gasteiger partial charge in [-0.25, -0.2) is 0 Å². The summed E-state index contributed by atoms with van der Waals surface area (Å²) in [4.78, 5) is 23.1. The highest BCUT2D eigenvalue weighted by molar-refractivity contribution is 9.10. The zero-order valence-corrected chi connectivity index (χ0v) is 12.9. The van der Waals surface area contributed by atoms with E-state index in [0.717, 1.165) is 15.4 Å². The molecule has 2 rings (SSSR count). The van der Waals surface area contributed by atoms with E-state index >= 15 is 0 Å². The van der Waals surface area contributed by atoms with Crippen molar-refractivity contribution in [1.82, 2.24) is 4.57 Å². The third-order valence-electron chi connectivity index (χ3n) is 3.02. The van der Waals surface area contributed by atoms with Gasteiger partial charge < -0.3 is 9.30 Å². The van der Waals surface area contributed by atoms with Gasteiger partial charge in [-0.3, -0.25) is 9.59 Å². The summed E-state index contributed by atoms with van der Waals surface area (Å²) in [5.74, 6) is -0.295. The second-order valence-electron chi connectivity index (χ2n) is 4.46. The number of carbonyl (C=O) groups excluding carboxylic acids is 2. The SMILES string of the molecule is CCOC(=O)CCC(=O)Cn1ccc2c(Br)cccc21. The molecule has 0 aliphatic heterocycles. The first kappa shape index (κ1) is 14.8. The van der Waals surface area contributed by atoms with E-state index in [-0.39, 0.29) is 31.1 Å². The first-order chi connectivity index (χ1) is 9.61. The molecule has 1 aromatic heterocycles. The van der Waals surface area contributed by atoms with Crippen molar-refractivity contribution in [2.24, 2.45) is 0 Å². The van der Waals surface area contributed by atoms with Crippen LogP contribution >= 0.6 is 15.9 Å². The molecule has 0 aliphatic rings. The highest BCUT2D eigenvalue weighted by Gasteiger charge is 2.10. The van der Waals surface area contributed by atoms with E-state index in [1.165, 1.54) is 0 Å². The summed E-state index contributed by atoms with van der Waals surface area (Å²) in [6.07, 6.45) is 2.25. The fraction of sp³-hybridized carbons (Fsp3) is 0.333. The third-order valence-corrected chi connectivity index (χ3v) is 3.71. The Bertz CT molecular complexity index is 633. The standard InChI is InChI=1S/C15H16BrNO3/c1-2-20-15(19)7-6-11(18)10-17-9-8-12-13(16)4-3-5-14(12)17/h3-5,8-9H,2,6-7,10H2,1H3. The van der Waals surface area contributed by atoms with E-state index in [1.54, 1.807) is 6.92 Å². The van der Waals surface area contributed by atoms with Crippen LogP contribution in [-0.4, -0.2) is 22.9 Å². The number of halogens is 1. The Labute approximate surface area is 125 Å². The summed E-state index contributed by atoms with van der Waals surface area (Å²) in [6.45, 7) is 2.38. The van der Waals surface area contributed by atoms with Crippen LogP contribution in [0.3, 0.4) is 0 Å². The van der Waals surface area contributed by atoms with Gasteiger partial charge in [0.05, 0.1) is 19.6 Å².